The number of anilines is 1. The van der Waals surface area contributed by atoms with Gasteiger partial charge in [0, 0.05) is 28.8 Å². The van der Waals surface area contributed by atoms with Gasteiger partial charge in [-0.1, -0.05) is 29.8 Å². The lowest BCUT2D eigenvalue weighted by Crippen LogP contribution is -2.01. The van der Waals surface area contributed by atoms with E-state index in [1.54, 1.807) is 6.20 Å². The lowest BCUT2D eigenvalue weighted by Gasteiger charge is -2.10. The molecule has 0 bridgehead atoms. The van der Waals surface area contributed by atoms with Crippen LogP contribution in [-0.4, -0.2) is 10.1 Å². The zero-order chi connectivity index (χ0) is 14.7. The zero-order valence-electron chi connectivity index (χ0n) is 11.4. The normalized spacial score (nSPS) is 10.8. The molecule has 2 aromatic carbocycles. The number of hydrogen-bond acceptors (Lipinski definition) is 3. The molecule has 3 nitrogen and oxygen atoms in total. The van der Waals surface area contributed by atoms with E-state index < -0.39 is 0 Å². The number of aromatic nitrogens is 1. The number of fused-ring (bicyclic) bond motifs is 1. The highest BCUT2D eigenvalue weighted by Crippen LogP contribution is 2.23. The number of rotatable bonds is 4. The molecule has 0 atom stereocenters. The Bertz CT molecular complexity index is 774. The van der Waals surface area contributed by atoms with Crippen LogP contribution in [0.2, 0.25) is 5.02 Å². The van der Waals surface area contributed by atoms with Gasteiger partial charge in [0.05, 0.1) is 12.1 Å². The highest BCUT2D eigenvalue weighted by Gasteiger charge is 2.04. The molecule has 2 N–H and O–H groups in total. The number of pyridine rings is 1. The van der Waals surface area contributed by atoms with Gasteiger partial charge < -0.3 is 10.4 Å². The molecular formula is C17H15ClN2O. The van der Waals surface area contributed by atoms with E-state index in [1.807, 2.05) is 48.5 Å². The number of nitrogens with one attached hydrogen (secondary N) is 1. The molecule has 21 heavy (non-hydrogen) atoms. The Morgan fingerprint density at radius 3 is 2.86 bits per heavy atom. The van der Waals surface area contributed by atoms with Crippen LogP contribution in [0.1, 0.15) is 11.1 Å². The Labute approximate surface area is 128 Å². The number of aliphatic hydroxyl groups is 1. The SMILES string of the molecule is OCc1cccc(NCc2cc(Cl)cc3cccnc23)c1. The average Bonchev–Trinajstić information content (AvgIpc) is 2.52. The summed E-state index contributed by atoms with van der Waals surface area (Å²) in [6.07, 6.45) is 1.78. The Morgan fingerprint density at radius 2 is 2.00 bits per heavy atom. The first-order chi connectivity index (χ1) is 10.3. The molecular weight excluding hydrogens is 284 g/mol. The molecule has 0 fully saturated rings. The van der Waals surface area contributed by atoms with Gasteiger partial charge in [-0.15, -0.1) is 0 Å². The number of aliphatic hydroxyl groups excluding tert-OH is 1. The zero-order valence-corrected chi connectivity index (χ0v) is 12.1. The highest BCUT2D eigenvalue weighted by atomic mass is 35.5. The highest BCUT2D eigenvalue weighted by molar-refractivity contribution is 6.31. The minimum atomic E-state index is 0.0389. The lowest BCUT2D eigenvalue weighted by molar-refractivity contribution is 0.282. The van der Waals surface area contributed by atoms with Gasteiger partial charge in [0.15, 0.2) is 0 Å². The van der Waals surface area contributed by atoms with Crippen LogP contribution in [-0.2, 0) is 13.2 Å². The third-order valence-electron chi connectivity index (χ3n) is 3.34. The fourth-order valence-corrected chi connectivity index (χ4v) is 2.59. The van der Waals surface area contributed by atoms with Crippen LogP contribution in [0.5, 0.6) is 0 Å². The van der Waals surface area contributed by atoms with Crippen molar-refractivity contribution in [2.75, 3.05) is 5.32 Å². The second-order valence-corrected chi connectivity index (χ2v) is 5.29. The molecule has 1 aromatic heterocycles. The van der Waals surface area contributed by atoms with E-state index in [-0.39, 0.29) is 6.61 Å². The van der Waals surface area contributed by atoms with Crippen molar-refractivity contribution in [3.05, 3.63) is 70.9 Å². The molecule has 4 heteroatoms. The summed E-state index contributed by atoms with van der Waals surface area (Å²) in [5, 5.41) is 14.3. The summed E-state index contributed by atoms with van der Waals surface area (Å²) in [6.45, 7) is 0.667. The van der Waals surface area contributed by atoms with Crippen LogP contribution in [0.3, 0.4) is 0 Å². The van der Waals surface area contributed by atoms with Gasteiger partial charge in [-0.05, 0) is 41.5 Å². The first-order valence-corrected chi connectivity index (χ1v) is 7.11. The maximum absolute atomic E-state index is 9.17. The summed E-state index contributed by atoms with van der Waals surface area (Å²) in [7, 11) is 0. The average molecular weight is 299 g/mol. The third kappa shape index (κ3) is 3.15. The van der Waals surface area contributed by atoms with Crippen molar-refractivity contribution in [1.82, 2.24) is 4.98 Å². The number of benzene rings is 2. The fraction of sp³-hybridized carbons (Fsp3) is 0.118. The van der Waals surface area contributed by atoms with Crippen molar-refractivity contribution >= 4 is 28.2 Å². The van der Waals surface area contributed by atoms with Crippen LogP contribution in [0, 0.1) is 0 Å². The van der Waals surface area contributed by atoms with E-state index in [4.69, 9.17) is 16.7 Å². The van der Waals surface area contributed by atoms with Crippen molar-refractivity contribution in [3.63, 3.8) is 0 Å². The van der Waals surface area contributed by atoms with Gasteiger partial charge in [0.1, 0.15) is 0 Å². The van der Waals surface area contributed by atoms with E-state index in [9.17, 15) is 0 Å². The molecule has 0 aliphatic carbocycles. The molecule has 3 aromatic rings. The van der Waals surface area contributed by atoms with E-state index in [1.165, 1.54) is 0 Å². The molecule has 0 radical (unpaired) electrons. The van der Waals surface area contributed by atoms with E-state index >= 15 is 0 Å². The Kier molecular flexibility index (Phi) is 4.04. The van der Waals surface area contributed by atoms with Gasteiger partial charge in [0.2, 0.25) is 0 Å². The monoisotopic (exact) mass is 298 g/mol. The van der Waals surface area contributed by atoms with Gasteiger partial charge >= 0.3 is 0 Å². The smallest absolute Gasteiger partial charge is 0.0752 e. The van der Waals surface area contributed by atoms with Crippen LogP contribution >= 0.6 is 11.6 Å². The van der Waals surface area contributed by atoms with E-state index in [0.717, 1.165) is 27.7 Å². The first-order valence-electron chi connectivity index (χ1n) is 6.73. The summed E-state index contributed by atoms with van der Waals surface area (Å²) >= 11 is 6.16. The number of hydrogen-bond donors (Lipinski definition) is 2. The second kappa shape index (κ2) is 6.12. The molecule has 0 spiro atoms. The van der Waals surface area contributed by atoms with E-state index in [2.05, 4.69) is 10.3 Å². The van der Waals surface area contributed by atoms with Crippen molar-refractivity contribution in [2.24, 2.45) is 0 Å². The standard InChI is InChI=1S/C17H15ClN2O/c18-15-8-13-4-2-6-19-17(13)14(9-15)10-20-16-5-1-3-12(7-16)11-21/h1-9,20-21H,10-11H2. The van der Waals surface area contributed by atoms with Crippen molar-refractivity contribution in [1.29, 1.82) is 0 Å². The molecule has 0 saturated heterocycles. The van der Waals surface area contributed by atoms with Crippen LogP contribution in [0.25, 0.3) is 10.9 Å². The number of halogens is 1. The third-order valence-corrected chi connectivity index (χ3v) is 3.56. The minimum Gasteiger partial charge on any atom is -0.392 e. The van der Waals surface area contributed by atoms with Crippen LogP contribution < -0.4 is 5.32 Å². The predicted molar refractivity (Wildman–Crippen MR) is 86.4 cm³/mol. The van der Waals surface area contributed by atoms with E-state index in [0.29, 0.717) is 11.6 Å². The van der Waals surface area contributed by atoms with Crippen molar-refractivity contribution < 1.29 is 5.11 Å². The molecule has 0 aliphatic heterocycles. The number of nitrogens with zero attached hydrogens (tertiary/aromatic N) is 1. The first kappa shape index (κ1) is 13.9. The van der Waals surface area contributed by atoms with Gasteiger partial charge in [0.25, 0.3) is 0 Å². The summed E-state index contributed by atoms with van der Waals surface area (Å²) in [4.78, 5) is 4.43. The summed E-state index contributed by atoms with van der Waals surface area (Å²) in [6, 6.07) is 15.5. The quantitative estimate of drug-likeness (QED) is 0.765. The lowest BCUT2D eigenvalue weighted by atomic mass is 10.1. The maximum Gasteiger partial charge on any atom is 0.0752 e. The molecule has 0 saturated carbocycles. The van der Waals surface area contributed by atoms with Crippen molar-refractivity contribution in [3.8, 4) is 0 Å². The minimum absolute atomic E-state index is 0.0389. The second-order valence-electron chi connectivity index (χ2n) is 4.85. The molecule has 106 valence electrons. The summed E-state index contributed by atoms with van der Waals surface area (Å²) < 4.78 is 0. The Hall–Kier alpha value is -2.10. The molecule has 3 rings (SSSR count). The maximum atomic E-state index is 9.17. The Morgan fingerprint density at radius 1 is 1.10 bits per heavy atom. The summed E-state index contributed by atoms with van der Waals surface area (Å²) in [5.41, 5.74) is 3.85. The van der Waals surface area contributed by atoms with Crippen molar-refractivity contribution in [2.45, 2.75) is 13.2 Å². The topological polar surface area (TPSA) is 45.1 Å². The fourth-order valence-electron chi connectivity index (χ4n) is 2.34. The van der Waals surface area contributed by atoms with Crippen LogP contribution in [0.4, 0.5) is 5.69 Å². The van der Waals surface area contributed by atoms with Gasteiger partial charge in [-0.25, -0.2) is 0 Å². The van der Waals surface area contributed by atoms with Gasteiger partial charge in [-0.2, -0.15) is 0 Å². The molecule has 0 unspecified atom stereocenters. The Balaban J connectivity index is 1.87. The molecule has 0 aliphatic rings. The summed E-state index contributed by atoms with van der Waals surface area (Å²) in [5.74, 6) is 0. The van der Waals surface area contributed by atoms with Gasteiger partial charge in [-0.3, -0.25) is 4.98 Å². The molecule has 1 heterocycles. The van der Waals surface area contributed by atoms with Crippen LogP contribution in [0.15, 0.2) is 54.7 Å². The largest absolute Gasteiger partial charge is 0.392 e. The molecule has 0 amide bonds. The predicted octanol–water partition coefficient (Wildman–Crippen LogP) is 3.99.